The van der Waals surface area contributed by atoms with Crippen molar-refractivity contribution in [2.45, 2.75) is 31.0 Å². The van der Waals surface area contributed by atoms with Gasteiger partial charge in [0, 0.05) is 25.2 Å². The van der Waals surface area contributed by atoms with Gasteiger partial charge >= 0.3 is 5.97 Å². The molecule has 1 aliphatic rings. The molecular formula is C26H30N4O4S. The summed E-state index contributed by atoms with van der Waals surface area (Å²) < 4.78 is 12.2. The zero-order valence-corrected chi connectivity index (χ0v) is 20.9. The molecule has 2 heterocycles. The van der Waals surface area contributed by atoms with Gasteiger partial charge in [0.1, 0.15) is 5.75 Å². The number of aromatic nitrogens is 3. The van der Waals surface area contributed by atoms with Crippen LogP contribution in [0.2, 0.25) is 0 Å². The Morgan fingerprint density at radius 2 is 1.71 bits per heavy atom. The van der Waals surface area contributed by atoms with Gasteiger partial charge in [0.25, 0.3) is 0 Å². The molecule has 3 aromatic rings. The van der Waals surface area contributed by atoms with Gasteiger partial charge in [-0.05, 0) is 49.1 Å². The molecule has 184 valence electrons. The van der Waals surface area contributed by atoms with E-state index in [9.17, 15) is 9.59 Å². The number of esters is 1. The van der Waals surface area contributed by atoms with Crippen molar-refractivity contribution in [2.24, 2.45) is 5.92 Å². The van der Waals surface area contributed by atoms with E-state index in [0.717, 1.165) is 23.6 Å². The first-order valence-electron chi connectivity index (χ1n) is 11.7. The number of nitrogens with zero attached hydrogens (tertiary/aromatic N) is 4. The molecule has 1 aromatic heterocycles. The monoisotopic (exact) mass is 494 g/mol. The molecular weight excluding hydrogens is 464 g/mol. The van der Waals surface area contributed by atoms with Crippen LogP contribution in [0.5, 0.6) is 5.75 Å². The van der Waals surface area contributed by atoms with Gasteiger partial charge in [-0.2, -0.15) is 0 Å². The summed E-state index contributed by atoms with van der Waals surface area (Å²) in [6.07, 6.45) is 2.10. The fourth-order valence-electron chi connectivity index (χ4n) is 4.19. The summed E-state index contributed by atoms with van der Waals surface area (Å²) in [7, 11) is 3.05. The largest absolute Gasteiger partial charge is 0.497 e. The minimum absolute atomic E-state index is 0.0434. The number of hydrogen-bond donors (Lipinski definition) is 0. The maximum Gasteiger partial charge on any atom is 0.308 e. The van der Waals surface area contributed by atoms with Gasteiger partial charge in [0.2, 0.25) is 5.91 Å². The van der Waals surface area contributed by atoms with Crippen LogP contribution in [0.4, 0.5) is 0 Å². The minimum atomic E-state index is -0.191. The van der Waals surface area contributed by atoms with Gasteiger partial charge in [-0.15, -0.1) is 10.2 Å². The zero-order valence-electron chi connectivity index (χ0n) is 20.1. The fourth-order valence-corrected chi connectivity index (χ4v) is 5.05. The molecule has 0 atom stereocenters. The quantitative estimate of drug-likeness (QED) is 0.331. The van der Waals surface area contributed by atoms with E-state index in [0.29, 0.717) is 37.6 Å². The van der Waals surface area contributed by atoms with Crippen molar-refractivity contribution in [1.29, 1.82) is 0 Å². The number of rotatable bonds is 9. The summed E-state index contributed by atoms with van der Waals surface area (Å²) in [5, 5.41) is 9.59. The Labute approximate surface area is 209 Å². The first-order chi connectivity index (χ1) is 17.1. The molecule has 0 bridgehead atoms. The molecule has 0 N–H and O–H groups in total. The average Bonchev–Trinajstić information content (AvgIpc) is 3.33. The number of likely N-dealkylation sites (tertiary alicyclic amines) is 1. The number of thioether (sulfide) groups is 1. The summed E-state index contributed by atoms with van der Waals surface area (Å²) in [5.74, 6) is 1.54. The highest BCUT2D eigenvalue weighted by atomic mass is 32.2. The van der Waals surface area contributed by atoms with Gasteiger partial charge in [-0.3, -0.25) is 9.59 Å². The average molecular weight is 495 g/mol. The molecule has 0 spiro atoms. The second kappa shape index (κ2) is 11.9. The molecule has 1 aliphatic heterocycles. The molecule has 2 aromatic carbocycles. The number of amides is 1. The number of carbonyl (C=O) groups excluding carboxylic acids is 2. The lowest BCUT2D eigenvalue weighted by Crippen LogP contribution is -2.41. The summed E-state index contributed by atoms with van der Waals surface area (Å²) in [5.41, 5.74) is 2.16. The van der Waals surface area contributed by atoms with Crippen LogP contribution in [-0.4, -0.2) is 64.6 Å². The molecule has 9 heteroatoms. The van der Waals surface area contributed by atoms with E-state index in [1.165, 1.54) is 24.4 Å². The number of piperidine rings is 1. The van der Waals surface area contributed by atoms with Crippen LogP contribution in [0.3, 0.4) is 0 Å². The third-order valence-electron chi connectivity index (χ3n) is 6.24. The lowest BCUT2D eigenvalue weighted by Gasteiger charge is -2.30. The highest BCUT2D eigenvalue weighted by Gasteiger charge is 2.28. The lowest BCUT2D eigenvalue weighted by molar-refractivity contribution is -0.148. The van der Waals surface area contributed by atoms with Crippen LogP contribution in [0.15, 0.2) is 59.8 Å². The Bertz CT molecular complexity index is 1130. The van der Waals surface area contributed by atoms with Gasteiger partial charge in [0.05, 0.1) is 25.9 Å². The van der Waals surface area contributed by atoms with E-state index in [2.05, 4.69) is 26.9 Å². The minimum Gasteiger partial charge on any atom is -0.497 e. The van der Waals surface area contributed by atoms with Crippen molar-refractivity contribution in [3.8, 4) is 17.1 Å². The number of carbonyl (C=O) groups is 2. The number of aryl methyl sites for hydroxylation is 1. The normalized spacial score (nSPS) is 14.1. The van der Waals surface area contributed by atoms with E-state index in [1.807, 2.05) is 47.4 Å². The number of ether oxygens (including phenoxy) is 2. The Balaban J connectivity index is 1.45. The number of benzene rings is 2. The third-order valence-corrected chi connectivity index (χ3v) is 7.19. The van der Waals surface area contributed by atoms with Gasteiger partial charge in [-0.1, -0.05) is 42.1 Å². The van der Waals surface area contributed by atoms with E-state index in [4.69, 9.17) is 9.47 Å². The Morgan fingerprint density at radius 1 is 1.00 bits per heavy atom. The van der Waals surface area contributed by atoms with Crippen molar-refractivity contribution in [3.63, 3.8) is 0 Å². The Kier molecular flexibility index (Phi) is 8.41. The molecule has 0 aliphatic carbocycles. The molecule has 4 rings (SSSR count). The molecule has 35 heavy (non-hydrogen) atoms. The SMILES string of the molecule is COC(=O)C1CCN(C(=O)CSc2nnc(-c3ccc(OC)cc3)n2CCc2ccccc2)CC1. The molecule has 1 amide bonds. The summed E-state index contributed by atoms with van der Waals surface area (Å²) in [6, 6.07) is 18.0. The summed E-state index contributed by atoms with van der Waals surface area (Å²) in [4.78, 5) is 26.4. The first kappa shape index (κ1) is 24.8. The highest BCUT2D eigenvalue weighted by molar-refractivity contribution is 7.99. The van der Waals surface area contributed by atoms with E-state index in [1.54, 1.807) is 7.11 Å². The van der Waals surface area contributed by atoms with E-state index in [-0.39, 0.29) is 23.5 Å². The van der Waals surface area contributed by atoms with Crippen molar-refractivity contribution in [2.75, 3.05) is 33.1 Å². The lowest BCUT2D eigenvalue weighted by atomic mass is 9.97. The van der Waals surface area contributed by atoms with Gasteiger partial charge < -0.3 is 18.9 Å². The van der Waals surface area contributed by atoms with E-state index < -0.39 is 0 Å². The Morgan fingerprint density at radius 3 is 2.37 bits per heavy atom. The topological polar surface area (TPSA) is 86.6 Å². The second-order valence-electron chi connectivity index (χ2n) is 8.39. The standard InChI is InChI=1S/C26H30N4O4S/c1-33-22-10-8-20(9-11-22)24-27-28-26(30(24)17-12-19-6-4-3-5-7-19)35-18-23(31)29-15-13-21(14-16-29)25(32)34-2/h3-11,21H,12-18H2,1-2H3. The zero-order chi connectivity index (χ0) is 24.6. The molecule has 1 fully saturated rings. The van der Waals surface area contributed by atoms with Crippen LogP contribution >= 0.6 is 11.8 Å². The molecule has 0 unspecified atom stereocenters. The summed E-state index contributed by atoms with van der Waals surface area (Å²) in [6.45, 7) is 1.83. The van der Waals surface area contributed by atoms with Crippen LogP contribution in [-0.2, 0) is 27.3 Å². The van der Waals surface area contributed by atoms with Crippen molar-refractivity contribution < 1.29 is 19.1 Å². The predicted molar refractivity (Wildman–Crippen MR) is 134 cm³/mol. The van der Waals surface area contributed by atoms with Crippen molar-refractivity contribution in [1.82, 2.24) is 19.7 Å². The number of hydrogen-bond acceptors (Lipinski definition) is 7. The predicted octanol–water partition coefficient (Wildman–Crippen LogP) is 3.70. The first-order valence-corrected chi connectivity index (χ1v) is 12.7. The molecule has 1 saturated heterocycles. The van der Waals surface area contributed by atoms with Crippen molar-refractivity contribution in [3.05, 3.63) is 60.2 Å². The molecule has 0 radical (unpaired) electrons. The van der Waals surface area contributed by atoms with Crippen LogP contribution in [0, 0.1) is 5.92 Å². The third kappa shape index (κ3) is 6.22. The van der Waals surface area contributed by atoms with Crippen LogP contribution in [0.25, 0.3) is 11.4 Å². The smallest absolute Gasteiger partial charge is 0.308 e. The van der Waals surface area contributed by atoms with E-state index >= 15 is 0 Å². The highest BCUT2D eigenvalue weighted by Crippen LogP contribution is 2.27. The van der Waals surface area contributed by atoms with Gasteiger partial charge in [-0.25, -0.2) is 0 Å². The number of methoxy groups -OCH3 is 2. The van der Waals surface area contributed by atoms with Crippen LogP contribution < -0.4 is 4.74 Å². The Hall–Kier alpha value is -3.33. The van der Waals surface area contributed by atoms with Gasteiger partial charge in [0.15, 0.2) is 11.0 Å². The second-order valence-corrected chi connectivity index (χ2v) is 9.33. The van der Waals surface area contributed by atoms with Crippen molar-refractivity contribution >= 4 is 23.6 Å². The van der Waals surface area contributed by atoms with Crippen LogP contribution in [0.1, 0.15) is 18.4 Å². The fraction of sp³-hybridized carbons (Fsp3) is 0.385. The molecule has 8 nitrogen and oxygen atoms in total. The maximum absolute atomic E-state index is 12.9. The summed E-state index contributed by atoms with van der Waals surface area (Å²) >= 11 is 1.40. The maximum atomic E-state index is 12.9. The molecule has 0 saturated carbocycles.